The van der Waals surface area contributed by atoms with Gasteiger partial charge in [-0.15, -0.1) is 11.8 Å². The SMILES string of the molecule is Cc1noc(C(C)NC(=O)CCSc2ccc3c(c2)OCCO3)n1. The Morgan fingerprint density at radius 1 is 1.33 bits per heavy atom. The minimum Gasteiger partial charge on any atom is -0.486 e. The van der Waals surface area contributed by atoms with Crippen LogP contribution in [0, 0.1) is 6.92 Å². The number of nitrogens with zero attached hydrogens (tertiary/aromatic N) is 2. The molecule has 2 heterocycles. The van der Waals surface area contributed by atoms with Crippen molar-refractivity contribution in [3.63, 3.8) is 0 Å². The molecule has 1 amide bonds. The van der Waals surface area contributed by atoms with Crippen LogP contribution in [0.4, 0.5) is 0 Å². The number of carbonyl (C=O) groups is 1. The third-order valence-corrected chi connectivity index (χ3v) is 4.40. The monoisotopic (exact) mass is 349 g/mol. The summed E-state index contributed by atoms with van der Waals surface area (Å²) < 4.78 is 16.1. The second-order valence-electron chi connectivity index (χ2n) is 5.37. The van der Waals surface area contributed by atoms with Crippen LogP contribution in [0.15, 0.2) is 27.6 Å². The first kappa shape index (κ1) is 16.6. The average molecular weight is 349 g/mol. The Labute approximate surface area is 144 Å². The highest BCUT2D eigenvalue weighted by Gasteiger charge is 2.16. The second kappa shape index (κ2) is 7.57. The molecule has 0 aliphatic carbocycles. The number of fused-ring (bicyclic) bond motifs is 1. The second-order valence-corrected chi connectivity index (χ2v) is 6.54. The van der Waals surface area contributed by atoms with Gasteiger partial charge in [0.1, 0.15) is 19.3 Å². The summed E-state index contributed by atoms with van der Waals surface area (Å²) in [6.07, 6.45) is 0.399. The van der Waals surface area contributed by atoms with E-state index in [9.17, 15) is 4.79 Å². The molecule has 1 atom stereocenters. The van der Waals surface area contributed by atoms with Gasteiger partial charge in [-0.3, -0.25) is 4.79 Å². The fourth-order valence-corrected chi connectivity index (χ4v) is 3.12. The van der Waals surface area contributed by atoms with Crippen LogP contribution in [-0.4, -0.2) is 35.0 Å². The normalized spacial score (nSPS) is 14.2. The van der Waals surface area contributed by atoms with Crippen LogP contribution >= 0.6 is 11.8 Å². The van der Waals surface area contributed by atoms with Crippen LogP contribution < -0.4 is 14.8 Å². The van der Waals surface area contributed by atoms with Gasteiger partial charge in [-0.2, -0.15) is 4.98 Å². The highest BCUT2D eigenvalue weighted by atomic mass is 32.2. The minimum atomic E-state index is -0.294. The molecule has 24 heavy (non-hydrogen) atoms. The number of nitrogens with one attached hydrogen (secondary N) is 1. The number of carbonyl (C=O) groups excluding carboxylic acids is 1. The molecule has 0 spiro atoms. The van der Waals surface area contributed by atoms with Gasteiger partial charge in [-0.05, 0) is 32.0 Å². The molecule has 2 aromatic rings. The first-order chi connectivity index (χ1) is 11.6. The number of ether oxygens (including phenoxy) is 2. The molecule has 8 heteroatoms. The van der Waals surface area contributed by atoms with E-state index in [1.807, 2.05) is 25.1 Å². The van der Waals surface area contributed by atoms with Crippen molar-refractivity contribution < 1.29 is 18.8 Å². The number of rotatable bonds is 6. The van der Waals surface area contributed by atoms with Crippen LogP contribution in [0.1, 0.15) is 31.1 Å². The molecule has 128 valence electrons. The molecule has 1 aromatic carbocycles. The minimum absolute atomic E-state index is 0.0524. The molecule has 0 saturated carbocycles. The highest BCUT2D eigenvalue weighted by Crippen LogP contribution is 2.34. The Morgan fingerprint density at radius 2 is 2.12 bits per heavy atom. The van der Waals surface area contributed by atoms with Crippen molar-refractivity contribution in [1.82, 2.24) is 15.5 Å². The maximum Gasteiger partial charge on any atom is 0.248 e. The summed E-state index contributed by atoms with van der Waals surface area (Å²) in [5, 5.41) is 6.57. The van der Waals surface area contributed by atoms with Gasteiger partial charge in [-0.25, -0.2) is 0 Å². The predicted molar refractivity (Wildman–Crippen MR) is 88.4 cm³/mol. The third kappa shape index (κ3) is 4.19. The molecule has 0 bridgehead atoms. The summed E-state index contributed by atoms with van der Waals surface area (Å²) in [5.41, 5.74) is 0. The van der Waals surface area contributed by atoms with E-state index in [0.717, 1.165) is 16.4 Å². The standard InChI is InChI=1S/C16H19N3O4S/c1-10(16-18-11(2)19-23-16)17-15(20)5-8-24-12-3-4-13-14(9-12)22-7-6-21-13/h3-4,9-10H,5-8H2,1-2H3,(H,17,20). The molecule has 3 rings (SSSR count). The van der Waals surface area contributed by atoms with E-state index in [-0.39, 0.29) is 11.9 Å². The Kier molecular flexibility index (Phi) is 5.24. The average Bonchev–Trinajstić information content (AvgIpc) is 3.01. The number of hydrogen-bond donors (Lipinski definition) is 1. The van der Waals surface area contributed by atoms with E-state index in [1.54, 1.807) is 18.7 Å². The van der Waals surface area contributed by atoms with E-state index in [1.165, 1.54) is 0 Å². The number of hydrogen-bond acceptors (Lipinski definition) is 7. The molecule has 1 unspecified atom stereocenters. The molecular weight excluding hydrogens is 330 g/mol. The number of benzene rings is 1. The van der Waals surface area contributed by atoms with Gasteiger partial charge >= 0.3 is 0 Å². The maximum atomic E-state index is 12.0. The number of amides is 1. The van der Waals surface area contributed by atoms with Crippen LogP contribution in [0.5, 0.6) is 11.5 Å². The maximum absolute atomic E-state index is 12.0. The fraction of sp³-hybridized carbons (Fsp3) is 0.438. The Hall–Kier alpha value is -2.22. The third-order valence-electron chi connectivity index (χ3n) is 3.40. The van der Waals surface area contributed by atoms with E-state index in [4.69, 9.17) is 14.0 Å². The van der Waals surface area contributed by atoms with Crippen molar-refractivity contribution in [1.29, 1.82) is 0 Å². The lowest BCUT2D eigenvalue weighted by molar-refractivity contribution is -0.121. The lowest BCUT2D eigenvalue weighted by Gasteiger charge is -2.18. The van der Waals surface area contributed by atoms with Crippen molar-refractivity contribution in [2.24, 2.45) is 0 Å². The first-order valence-corrected chi connectivity index (χ1v) is 8.72. The molecule has 0 fully saturated rings. The molecule has 1 aliphatic rings. The van der Waals surface area contributed by atoms with Crippen LogP contribution in [0.3, 0.4) is 0 Å². The van der Waals surface area contributed by atoms with Gasteiger partial charge in [0.25, 0.3) is 0 Å². The van der Waals surface area contributed by atoms with Crippen LogP contribution in [0.2, 0.25) is 0 Å². The van der Waals surface area contributed by atoms with Gasteiger partial charge in [0.05, 0.1) is 0 Å². The van der Waals surface area contributed by atoms with Crippen LogP contribution in [0.25, 0.3) is 0 Å². The van der Waals surface area contributed by atoms with Crippen molar-refractivity contribution in [2.75, 3.05) is 19.0 Å². The van der Waals surface area contributed by atoms with Crippen molar-refractivity contribution in [2.45, 2.75) is 31.2 Å². The zero-order valence-electron chi connectivity index (χ0n) is 13.6. The Bertz CT molecular complexity index is 719. The van der Waals surface area contributed by atoms with Gasteiger partial charge in [0.15, 0.2) is 17.3 Å². The largest absolute Gasteiger partial charge is 0.486 e. The summed E-state index contributed by atoms with van der Waals surface area (Å²) in [4.78, 5) is 17.2. The quantitative estimate of drug-likeness (QED) is 0.802. The fourth-order valence-electron chi connectivity index (χ4n) is 2.24. The molecule has 1 aliphatic heterocycles. The summed E-state index contributed by atoms with van der Waals surface area (Å²) in [5.74, 6) is 3.12. The first-order valence-electron chi connectivity index (χ1n) is 7.74. The molecule has 0 saturated heterocycles. The Morgan fingerprint density at radius 3 is 2.88 bits per heavy atom. The Balaban J connectivity index is 1.45. The van der Waals surface area contributed by atoms with Gasteiger partial charge in [0.2, 0.25) is 11.8 Å². The number of aryl methyl sites for hydroxylation is 1. The van der Waals surface area contributed by atoms with Crippen molar-refractivity contribution >= 4 is 17.7 Å². The summed E-state index contributed by atoms with van der Waals surface area (Å²) in [6, 6.07) is 5.52. The van der Waals surface area contributed by atoms with E-state index < -0.39 is 0 Å². The molecule has 7 nitrogen and oxygen atoms in total. The molecular formula is C16H19N3O4S. The van der Waals surface area contributed by atoms with E-state index in [0.29, 0.717) is 37.1 Å². The smallest absolute Gasteiger partial charge is 0.248 e. The molecule has 0 radical (unpaired) electrons. The van der Waals surface area contributed by atoms with Gasteiger partial charge in [-0.1, -0.05) is 5.16 Å². The zero-order chi connectivity index (χ0) is 16.9. The van der Waals surface area contributed by atoms with E-state index >= 15 is 0 Å². The van der Waals surface area contributed by atoms with Gasteiger partial charge in [0, 0.05) is 17.1 Å². The zero-order valence-corrected chi connectivity index (χ0v) is 14.4. The van der Waals surface area contributed by atoms with E-state index in [2.05, 4.69) is 15.5 Å². The lowest BCUT2D eigenvalue weighted by Crippen LogP contribution is -2.27. The topological polar surface area (TPSA) is 86.5 Å². The van der Waals surface area contributed by atoms with Crippen LogP contribution in [-0.2, 0) is 4.79 Å². The lowest BCUT2D eigenvalue weighted by atomic mass is 10.3. The molecule has 1 aromatic heterocycles. The summed E-state index contributed by atoms with van der Waals surface area (Å²) in [6.45, 7) is 4.71. The predicted octanol–water partition coefficient (Wildman–Crippen LogP) is 2.51. The summed E-state index contributed by atoms with van der Waals surface area (Å²) in [7, 11) is 0. The van der Waals surface area contributed by atoms with Gasteiger partial charge < -0.3 is 19.3 Å². The summed E-state index contributed by atoms with van der Waals surface area (Å²) >= 11 is 1.60. The molecule has 1 N–H and O–H groups in total. The number of thioether (sulfide) groups is 1. The highest BCUT2D eigenvalue weighted by molar-refractivity contribution is 7.99. The van der Waals surface area contributed by atoms with Crippen molar-refractivity contribution in [3.05, 3.63) is 29.9 Å². The number of aromatic nitrogens is 2. The van der Waals surface area contributed by atoms with Crippen molar-refractivity contribution in [3.8, 4) is 11.5 Å².